The lowest BCUT2D eigenvalue weighted by molar-refractivity contribution is -0.137. The summed E-state index contributed by atoms with van der Waals surface area (Å²) in [6.07, 6.45) is 0.578. The smallest absolute Gasteiger partial charge is 0.303 e. The lowest BCUT2D eigenvalue weighted by atomic mass is 10.2. The molecule has 108 valence electrons. The number of carbonyl (C=O) groups excluding carboxylic acids is 1. The number of aliphatic carboxylic acids is 1. The molecule has 1 amide bonds. The first-order valence-electron chi connectivity index (χ1n) is 6.49. The molecule has 1 N–H and O–H groups in total. The van der Waals surface area contributed by atoms with E-state index in [-0.39, 0.29) is 18.4 Å². The molecule has 0 atom stereocenters. The van der Waals surface area contributed by atoms with Gasteiger partial charge in [0.25, 0.3) is 5.91 Å². The van der Waals surface area contributed by atoms with E-state index >= 15 is 0 Å². The molecule has 0 aliphatic carbocycles. The number of carboxylic acid groups (broad SMARTS) is 1. The number of nitrogens with zero attached hydrogens (tertiary/aromatic N) is 1. The summed E-state index contributed by atoms with van der Waals surface area (Å²) in [7, 11) is 0. The van der Waals surface area contributed by atoms with Crippen LogP contribution in [-0.4, -0.2) is 34.5 Å². The van der Waals surface area contributed by atoms with Crippen LogP contribution in [0.5, 0.6) is 0 Å². The molecule has 20 heavy (non-hydrogen) atoms. The summed E-state index contributed by atoms with van der Waals surface area (Å²) in [5.41, 5.74) is 0. The van der Waals surface area contributed by atoms with Gasteiger partial charge in [-0.05, 0) is 37.8 Å². The van der Waals surface area contributed by atoms with Crippen molar-refractivity contribution in [2.24, 2.45) is 0 Å². The first-order chi connectivity index (χ1) is 9.49. The van der Waals surface area contributed by atoms with Crippen LogP contribution in [0.1, 0.15) is 36.4 Å². The third-order valence-corrected chi connectivity index (χ3v) is 5.11. The van der Waals surface area contributed by atoms with Crippen molar-refractivity contribution in [1.82, 2.24) is 4.90 Å². The van der Waals surface area contributed by atoms with Crippen molar-refractivity contribution in [2.75, 3.05) is 6.54 Å². The summed E-state index contributed by atoms with van der Waals surface area (Å²) >= 11 is 3.13. The summed E-state index contributed by atoms with van der Waals surface area (Å²) in [5, 5.41) is 10.7. The van der Waals surface area contributed by atoms with Gasteiger partial charge in [0.1, 0.15) is 0 Å². The Bertz CT molecular complexity index is 586. The third kappa shape index (κ3) is 3.37. The van der Waals surface area contributed by atoms with E-state index in [1.54, 1.807) is 16.2 Å². The van der Waals surface area contributed by atoms with E-state index in [1.165, 1.54) is 11.3 Å². The minimum absolute atomic E-state index is 0.00112. The first-order valence-corrected chi connectivity index (χ1v) is 8.18. The molecule has 0 radical (unpaired) electrons. The third-order valence-electron chi connectivity index (χ3n) is 3.02. The molecule has 2 aromatic rings. The van der Waals surface area contributed by atoms with Gasteiger partial charge in [-0.1, -0.05) is 0 Å². The number of carboxylic acids is 1. The van der Waals surface area contributed by atoms with E-state index in [0.29, 0.717) is 13.0 Å². The van der Waals surface area contributed by atoms with Crippen LogP contribution in [0.15, 0.2) is 17.5 Å². The molecular formula is C14H17NO3S2. The largest absolute Gasteiger partial charge is 0.481 e. The van der Waals surface area contributed by atoms with E-state index in [4.69, 9.17) is 5.11 Å². The molecule has 0 saturated heterocycles. The number of thiophene rings is 2. The maximum absolute atomic E-state index is 12.5. The molecule has 0 bridgehead atoms. The highest BCUT2D eigenvalue weighted by molar-refractivity contribution is 7.27. The Labute approximate surface area is 125 Å². The minimum atomic E-state index is -0.821. The zero-order valence-corrected chi connectivity index (χ0v) is 13.1. The van der Waals surface area contributed by atoms with E-state index in [1.807, 2.05) is 31.4 Å². The van der Waals surface area contributed by atoms with Gasteiger partial charge in [0.2, 0.25) is 0 Å². The molecule has 0 aliphatic heterocycles. The molecule has 2 aromatic heterocycles. The first kappa shape index (κ1) is 15.0. The van der Waals surface area contributed by atoms with E-state index < -0.39 is 5.97 Å². The predicted octanol–water partition coefficient (Wildman–Crippen LogP) is 3.68. The van der Waals surface area contributed by atoms with Crippen molar-refractivity contribution in [3.63, 3.8) is 0 Å². The molecule has 0 saturated carbocycles. The second-order valence-corrected chi connectivity index (χ2v) is 6.88. The zero-order valence-electron chi connectivity index (χ0n) is 11.5. The topological polar surface area (TPSA) is 57.6 Å². The van der Waals surface area contributed by atoms with Gasteiger partial charge in [-0.2, -0.15) is 0 Å². The zero-order chi connectivity index (χ0) is 14.7. The van der Waals surface area contributed by atoms with Crippen LogP contribution >= 0.6 is 22.7 Å². The highest BCUT2D eigenvalue weighted by Gasteiger charge is 2.21. The summed E-state index contributed by atoms with van der Waals surface area (Å²) in [4.78, 5) is 25.6. The molecular weight excluding hydrogens is 294 g/mol. The van der Waals surface area contributed by atoms with Gasteiger partial charge in [-0.3, -0.25) is 9.59 Å². The van der Waals surface area contributed by atoms with Crippen LogP contribution in [-0.2, 0) is 4.79 Å². The van der Waals surface area contributed by atoms with Gasteiger partial charge in [0.15, 0.2) is 0 Å². The Kier molecular flexibility index (Phi) is 4.77. The van der Waals surface area contributed by atoms with Crippen molar-refractivity contribution >= 4 is 43.9 Å². The van der Waals surface area contributed by atoms with Gasteiger partial charge in [-0.25, -0.2) is 0 Å². The monoisotopic (exact) mass is 311 g/mol. The van der Waals surface area contributed by atoms with Gasteiger partial charge in [0.05, 0.1) is 4.88 Å². The molecule has 0 aliphatic rings. The maximum Gasteiger partial charge on any atom is 0.303 e. The fourth-order valence-electron chi connectivity index (χ4n) is 2.01. The Balaban J connectivity index is 2.09. The van der Waals surface area contributed by atoms with Crippen molar-refractivity contribution in [3.05, 3.63) is 22.4 Å². The van der Waals surface area contributed by atoms with Crippen LogP contribution in [0, 0.1) is 0 Å². The van der Waals surface area contributed by atoms with Crippen molar-refractivity contribution in [1.29, 1.82) is 0 Å². The normalized spacial score (nSPS) is 11.2. The summed E-state index contributed by atoms with van der Waals surface area (Å²) in [5.74, 6) is -0.823. The number of rotatable bonds is 6. The molecule has 0 unspecified atom stereocenters. The Morgan fingerprint density at radius 3 is 2.70 bits per heavy atom. The van der Waals surface area contributed by atoms with Crippen LogP contribution in [0.3, 0.4) is 0 Å². The van der Waals surface area contributed by atoms with Crippen LogP contribution < -0.4 is 0 Å². The Morgan fingerprint density at radius 2 is 2.10 bits per heavy atom. The molecule has 0 spiro atoms. The molecule has 2 heterocycles. The van der Waals surface area contributed by atoms with Crippen molar-refractivity contribution < 1.29 is 14.7 Å². The average Bonchev–Trinajstić information content (AvgIpc) is 2.93. The fourth-order valence-corrected chi connectivity index (χ4v) is 4.07. The number of hydrogen-bond acceptors (Lipinski definition) is 4. The molecule has 4 nitrogen and oxygen atoms in total. The minimum Gasteiger partial charge on any atom is -0.481 e. The molecule has 0 aromatic carbocycles. The second-order valence-electron chi connectivity index (χ2n) is 4.85. The quantitative estimate of drug-likeness (QED) is 0.885. The van der Waals surface area contributed by atoms with Crippen molar-refractivity contribution in [3.8, 4) is 0 Å². The van der Waals surface area contributed by atoms with Crippen LogP contribution in [0.4, 0.5) is 0 Å². The van der Waals surface area contributed by atoms with Gasteiger partial charge in [-0.15, -0.1) is 22.7 Å². The average molecular weight is 311 g/mol. The van der Waals surface area contributed by atoms with E-state index in [9.17, 15) is 9.59 Å². The van der Waals surface area contributed by atoms with Gasteiger partial charge < -0.3 is 10.0 Å². The lowest BCUT2D eigenvalue weighted by Gasteiger charge is -2.26. The molecule has 2 rings (SSSR count). The summed E-state index contributed by atoms with van der Waals surface area (Å²) in [6, 6.07) is 4.02. The van der Waals surface area contributed by atoms with Gasteiger partial charge in [0, 0.05) is 28.4 Å². The van der Waals surface area contributed by atoms with E-state index in [0.717, 1.165) is 14.3 Å². The standard InChI is InChI=1S/C14H17NO3S2/c1-9(2)15(6-3-4-13(16)17)14(18)12-8-11-10(20-12)5-7-19-11/h5,7-9H,3-4,6H2,1-2H3,(H,16,17). The Hall–Kier alpha value is -1.40. The molecule has 6 heteroatoms. The lowest BCUT2D eigenvalue weighted by Crippen LogP contribution is -2.37. The number of fused-ring (bicyclic) bond motifs is 1. The Morgan fingerprint density at radius 1 is 1.35 bits per heavy atom. The SMILES string of the molecule is CC(C)N(CCCC(=O)O)C(=O)c1cc2sccc2s1. The predicted molar refractivity (Wildman–Crippen MR) is 82.7 cm³/mol. The van der Waals surface area contributed by atoms with Crippen LogP contribution in [0.25, 0.3) is 9.40 Å². The summed E-state index contributed by atoms with van der Waals surface area (Å²) in [6.45, 7) is 4.39. The second kappa shape index (κ2) is 6.37. The van der Waals surface area contributed by atoms with Crippen LogP contribution in [0.2, 0.25) is 0 Å². The highest BCUT2D eigenvalue weighted by atomic mass is 32.1. The number of carbonyl (C=O) groups is 2. The number of hydrogen-bond donors (Lipinski definition) is 1. The van der Waals surface area contributed by atoms with Crippen molar-refractivity contribution in [2.45, 2.75) is 32.7 Å². The fraction of sp³-hybridized carbons (Fsp3) is 0.429. The molecule has 0 fully saturated rings. The maximum atomic E-state index is 12.5. The number of amides is 1. The highest BCUT2D eigenvalue weighted by Crippen LogP contribution is 2.31. The van der Waals surface area contributed by atoms with Gasteiger partial charge >= 0.3 is 5.97 Å². The summed E-state index contributed by atoms with van der Waals surface area (Å²) < 4.78 is 2.26. The van der Waals surface area contributed by atoms with E-state index in [2.05, 4.69) is 0 Å².